The van der Waals surface area contributed by atoms with Crippen LogP contribution in [-0.4, -0.2) is 110 Å². The molecule has 0 spiro atoms. The van der Waals surface area contributed by atoms with Crippen molar-refractivity contribution in [2.24, 2.45) is 34.0 Å². The summed E-state index contributed by atoms with van der Waals surface area (Å²) in [5.41, 5.74) is -0.671. The van der Waals surface area contributed by atoms with Crippen LogP contribution < -0.4 is 5.32 Å². The second-order valence-electron chi connectivity index (χ2n) is 14.9. The summed E-state index contributed by atoms with van der Waals surface area (Å²) in [7, 11) is 2.07. The summed E-state index contributed by atoms with van der Waals surface area (Å²) in [6.07, 6.45) is 5.40. The van der Waals surface area contributed by atoms with E-state index in [4.69, 9.17) is 4.74 Å². The third kappa shape index (κ3) is 6.02. The topological polar surface area (TPSA) is 154 Å². The molecule has 1 saturated heterocycles. The summed E-state index contributed by atoms with van der Waals surface area (Å²) < 4.78 is 6.40. The molecule has 2 aromatic rings. The molecule has 1 aliphatic heterocycles. The molecule has 2 aromatic heterocycles. The van der Waals surface area contributed by atoms with E-state index >= 15 is 0 Å². The number of likely N-dealkylation sites (N-methyl/N-ethyl adjacent to an activating group) is 1. The summed E-state index contributed by atoms with van der Waals surface area (Å²) in [5.74, 6) is -0.570. The van der Waals surface area contributed by atoms with E-state index in [2.05, 4.69) is 69.5 Å². The fraction of sp³-hybridized carbons (Fsp3) is 0.706. The number of thioether (sulfide) groups is 1. The Bertz CT molecular complexity index is 1540. The number of imidazole rings is 1. The minimum Gasteiger partial charge on any atom is -0.461 e. The number of nitrogens with one attached hydrogen (secondary N) is 2. The van der Waals surface area contributed by atoms with Gasteiger partial charge in [-0.1, -0.05) is 45.5 Å². The Morgan fingerprint density at radius 3 is 2.68 bits per heavy atom. The van der Waals surface area contributed by atoms with E-state index in [0.717, 1.165) is 45.4 Å². The molecule has 6 rings (SSSR count). The van der Waals surface area contributed by atoms with Crippen molar-refractivity contribution in [3.8, 4) is 0 Å². The van der Waals surface area contributed by atoms with Gasteiger partial charge in [0.2, 0.25) is 11.9 Å². The fourth-order valence-electron chi connectivity index (χ4n) is 9.16. The van der Waals surface area contributed by atoms with Crippen LogP contribution >= 0.6 is 11.8 Å². The van der Waals surface area contributed by atoms with E-state index in [0.29, 0.717) is 29.0 Å². The summed E-state index contributed by atoms with van der Waals surface area (Å²) in [6.45, 7) is 16.2. The molecular formula is C34H49N7O5S. The second-order valence-corrected chi connectivity index (χ2v) is 15.9. The Morgan fingerprint density at radius 1 is 1.21 bits per heavy atom. The monoisotopic (exact) mass is 667 g/mol. The number of aromatic amines is 1. The van der Waals surface area contributed by atoms with Gasteiger partial charge < -0.3 is 19.7 Å². The first-order chi connectivity index (χ1) is 22.3. The first-order valence-electron chi connectivity index (χ1n) is 16.9. The molecule has 0 radical (unpaired) electrons. The van der Waals surface area contributed by atoms with Gasteiger partial charge in [0.15, 0.2) is 5.65 Å². The van der Waals surface area contributed by atoms with Crippen LogP contribution in [0.3, 0.4) is 0 Å². The minimum atomic E-state index is -0.721. The quantitative estimate of drug-likeness (QED) is 0.164. The van der Waals surface area contributed by atoms with Crippen molar-refractivity contribution < 1.29 is 24.2 Å². The van der Waals surface area contributed by atoms with E-state index in [1.54, 1.807) is 6.08 Å². The zero-order valence-corrected chi connectivity index (χ0v) is 29.1. The van der Waals surface area contributed by atoms with Crippen LogP contribution in [0.2, 0.25) is 0 Å². The van der Waals surface area contributed by atoms with Crippen LogP contribution in [0.25, 0.3) is 11.2 Å². The van der Waals surface area contributed by atoms with Crippen molar-refractivity contribution in [3.05, 3.63) is 19.0 Å². The Hall–Kier alpha value is -2.87. The number of ketones is 1. The maximum Gasteiger partial charge on any atom is 0.316 e. The Morgan fingerprint density at radius 2 is 1.96 bits per heavy atom. The zero-order chi connectivity index (χ0) is 33.7. The highest BCUT2D eigenvalue weighted by Gasteiger charge is 2.68. The maximum absolute atomic E-state index is 13.7. The van der Waals surface area contributed by atoms with E-state index in [1.807, 2.05) is 6.92 Å². The second kappa shape index (κ2) is 12.9. The lowest BCUT2D eigenvalue weighted by atomic mass is 9.44. The average molecular weight is 668 g/mol. The number of hydrogen-bond donors (Lipinski definition) is 3. The molecule has 3 aliphatic carbocycles. The summed E-state index contributed by atoms with van der Waals surface area (Å²) >= 11 is 1.19. The number of amides is 1. The number of nitrogens with zero attached hydrogens (tertiary/aromatic N) is 5. The molecule has 1 amide bonds. The number of aliphatic hydroxyl groups is 1. The van der Waals surface area contributed by atoms with Gasteiger partial charge in [-0.25, -0.2) is 9.97 Å². The number of carbonyl (C=O) groups is 3. The average Bonchev–Trinajstić information content (AvgIpc) is 3.66. The summed E-state index contributed by atoms with van der Waals surface area (Å²) in [5, 5.41) is 15.1. The van der Waals surface area contributed by atoms with Gasteiger partial charge >= 0.3 is 5.97 Å². The van der Waals surface area contributed by atoms with Gasteiger partial charge in [0.25, 0.3) is 0 Å². The number of aliphatic hydroxyl groups excluding tert-OH is 1. The van der Waals surface area contributed by atoms with Gasteiger partial charge in [0.05, 0.1) is 24.7 Å². The number of carbonyl (C=O) groups excluding carboxylic acids is 3. The number of anilines is 1. The fourth-order valence-corrected chi connectivity index (χ4v) is 9.93. The molecule has 8 atom stereocenters. The third-order valence-corrected chi connectivity index (χ3v) is 13.3. The first-order valence-corrected chi connectivity index (χ1v) is 17.9. The standard InChI is InChI=1S/C34H49N7O5S/c1-7-32(4)16-23(33(5)20(2)8-10-34(21(3)28(32)45)11-9-22(42)27(33)34)46-25(44)18-47-30-26-29(36-19-35-26)38-31(39-30)37-24(43)17-41-14-12-40(6)13-15-41/h7,19-21,23,27-28,45H,1,8-18H2,2-6H3,(H2,35,36,37,38,39,43)/t20-,21+,23-,27?,28+,32-,33+,34+/m1/s1. The number of Topliss-reactive ketones (excluding diaryl/α,β-unsaturated/α-hetero) is 1. The number of aromatic nitrogens is 4. The molecule has 256 valence electrons. The van der Waals surface area contributed by atoms with Gasteiger partial charge in [-0.05, 0) is 50.0 Å². The minimum absolute atomic E-state index is 0.0473. The van der Waals surface area contributed by atoms with E-state index in [1.165, 1.54) is 18.1 Å². The summed E-state index contributed by atoms with van der Waals surface area (Å²) in [6, 6.07) is 0. The van der Waals surface area contributed by atoms with Crippen LogP contribution in [-0.2, 0) is 19.1 Å². The number of rotatable bonds is 8. The van der Waals surface area contributed by atoms with Gasteiger partial charge in [-0.3, -0.25) is 24.6 Å². The van der Waals surface area contributed by atoms with Crippen molar-refractivity contribution >= 4 is 46.5 Å². The number of H-pyrrole nitrogens is 1. The molecule has 1 unspecified atom stereocenters. The lowest BCUT2D eigenvalue weighted by Crippen LogP contribution is -2.63. The third-order valence-electron chi connectivity index (χ3n) is 12.4. The number of hydrogen-bond acceptors (Lipinski definition) is 11. The predicted molar refractivity (Wildman–Crippen MR) is 180 cm³/mol. The SMILES string of the molecule is C=C[C@]1(C)C[C@@H](OC(=O)CSc2nc(NC(=O)CN3CCN(C)CC3)nc3nc[nH]c23)[C@@]2(C)C3C(=O)CC[C@@]3(CC[C@H]2C)[C@@H](C)[C@@H]1O. The molecule has 0 aromatic carbocycles. The number of ether oxygens (including phenoxy) is 1. The van der Waals surface area contributed by atoms with E-state index in [9.17, 15) is 19.5 Å². The van der Waals surface area contributed by atoms with Crippen molar-refractivity contribution in [2.45, 2.75) is 77.0 Å². The maximum atomic E-state index is 13.7. The van der Waals surface area contributed by atoms with Crippen molar-refractivity contribution in [1.29, 1.82) is 0 Å². The van der Waals surface area contributed by atoms with Crippen molar-refractivity contribution in [1.82, 2.24) is 29.7 Å². The van der Waals surface area contributed by atoms with E-state index in [-0.39, 0.29) is 53.1 Å². The smallest absolute Gasteiger partial charge is 0.316 e. The predicted octanol–water partition coefficient (Wildman–Crippen LogP) is 3.54. The molecule has 3 heterocycles. The molecule has 3 N–H and O–H groups in total. The molecule has 47 heavy (non-hydrogen) atoms. The van der Waals surface area contributed by atoms with Gasteiger partial charge in [0.1, 0.15) is 22.4 Å². The highest BCUT2D eigenvalue weighted by Crippen LogP contribution is 2.68. The Labute approximate surface area is 280 Å². The van der Waals surface area contributed by atoms with Crippen LogP contribution in [0.1, 0.15) is 59.8 Å². The number of esters is 1. The van der Waals surface area contributed by atoms with Crippen LogP contribution in [0.5, 0.6) is 0 Å². The van der Waals surface area contributed by atoms with Crippen LogP contribution in [0, 0.1) is 34.0 Å². The molecule has 13 heteroatoms. The van der Waals surface area contributed by atoms with E-state index < -0.39 is 29.0 Å². The van der Waals surface area contributed by atoms with Gasteiger partial charge in [0, 0.05) is 49.3 Å². The number of fused-ring (bicyclic) bond motifs is 1. The highest BCUT2D eigenvalue weighted by molar-refractivity contribution is 8.00. The molecular weight excluding hydrogens is 618 g/mol. The first kappa shape index (κ1) is 34.0. The lowest BCUT2D eigenvalue weighted by Gasteiger charge is -2.61. The Balaban J connectivity index is 1.21. The largest absolute Gasteiger partial charge is 0.461 e. The van der Waals surface area contributed by atoms with Gasteiger partial charge in [-0.15, -0.1) is 6.58 Å². The Kier molecular flexibility index (Phi) is 9.31. The van der Waals surface area contributed by atoms with Gasteiger partial charge in [-0.2, -0.15) is 4.98 Å². The van der Waals surface area contributed by atoms with Crippen molar-refractivity contribution in [3.63, 3.8) is 0 Å². The lowest BCUT2D eigenvalue weighted by molar-refractivity contribution is -0.205. The highest BCUT2D eigenvalue weighted by atomic mass is 32.2. The zero-order valence-electron chi connectivity index (χ0n) is 28.3. The number of piperazine rings is 1. The normalized spacial score (nSPS) is 36.4. The molecule has 4 fully saturated rings. The molecule has 12 nitrogen and oxygen atoms in total. The molecule has 3 saturated carbocycles. The van der Waals surface area contributed by atoms with Crippen LogP contribution in [0.4, 0.5) is 5.95 Å². The molecule has 4 aliphatic rings. The van der Waals surface area contributed by atoms with Crippen molar-refractivity contribution in [2.75, 3.05) is 50.8 Å². The van der Waals surface area contributed by atoms with Crippen LogP contribution in [0.15, 0.2) is 24.0 Å². The molecule has 2 bridgehead atoms. The summed E-state index contributed by atoms with van der Waals surface area (Å²) in [4.78, 5) is 60.9.